The van der Waals surface area contributed by atoms with Gasteiger partial charge in [-0.15, -0.1) is 0 Å². The Labute approximate surface area is 109 Å². The molecule has 2 aromatic carbocycles. The first-order valence-electron chi connectivity index (χ1n) is 6.36. The van der Waals surface area contributed by atoms with Crippen molar-refractivity contribution in [2.24, 2.45) is 4.99 Å². The Kier molecular flexibility index (Phi) is 3.93. The van der Waals surface area contributed by atoms with Crippen molar-refractivity contribution in [1.82, 2.24) is 0 Å². The lowest BCUT2D eigenvalue weighted by atomic mass is 10.0. The monoisotopic (exact) mass is 237 g/mol. The minimum absolute atomic E-state index is 0.577. The molecule has 2 aromatic rings. The lowest BCUT2D eigenvalue weighted by Gasteiger charge is -2.04. The molecule has 0 atom stereocenters. The van der Waals surface area contributed by atoms with Gasteiger partial charge in [0.15, 0.2) is 0 Å². The van der Waals surface area contributed by atoms with E-state index in [1.807, 2.05) is 18.3 Å². The summed E-state index contributed by atoms with van der Waals surface area (Å²) < 4.78 is 0. The van der Waals surface area contributed by atoms with E-state index in [0.717, 1.165) is 11.3 Å². The summed E-state index contributed by atoms with van der Waals surface area (Å²) in [6.45, 7) is 6.49. The molecular formula is C17H19N. The molecule has 0 radical (unpaired) electrons. The molecule has 0 aliphatic heterocycles. The van der Waals surface area contributed by atoms with E-state index in [0.29, 0.717) is 5.92 Å². The van der Waals surface area contributed by atoms with Crippen LogP contribution in [-0.4, -0.2) is 6.21 Å². The van der Waals surface area contributed by atoms with Crippen LogP contribution in [0.2, 0.25) is 0 Å². The largest absolute Gasteiger partial charge is 0.256 e. The maximum Gasteiger partial charge on any atom is 0.0630 e. The van der Waals surface area contributed by atoms with Gasteiger partial charge in [-0.1, -0.05) is 55.8 Å². The fourth-order valence-electron chi connectivity index (χ4n) is 1.75. The highest BCUT2D eigenvalue weighted by Crippen LogP contribution is 2.15. The van der Waals surface area contributed by atoms with Gasteiger partial charge in [-0.25, -0.2) is 0 Å². The zero-order valence-electron chi connectivity index (χ0n) is 11.2. The molecule has 0 saturated heterocycles. The molecule has 2 rings (SSSR count). The van der Waals surface area contributed by atoms with Crippen molar-refractivity contribution >= 4 is 11.9 Å². The first-order valence-corrected chi connectivity index (χ1v) is 6.36. The summed E-state index contributed by atoms with van der Waals surface area (Å²) in [6, 6.07) is 16.8. The smallest absolute Gasteiger partial charge is 0.0630 e. The van der Waals surface area contributed by atoms with Gasteiger partial charge in [-0.2, -0.15) is 0 Å². The number of hydrogen-bond acceptors (Lipinski definition) is 1. The van der Waals surface area contributed by atoms with Crippen molar-refractivity contribution in [3.8, 4) is 0 Å². The summed E-state index contributed by atoms with van der Waals surface area (Å²) in [7, 11) is 0. The van der Waals surface area contributed by atoms with Gasteiger partial charge in [0, 0.05) is 6.21 Å². The molecule has 0 aliphatic rings. The summed E-state index contributed by atoms with van der Waals surface area (Å²) >= 11 is 0. The Balaban J connectivity index is 2.11. The summed E-state index contributed by atoms with van der Waals surface area (Å²) in [6.07, 6.45) is 1.91. The average Bonchev–Trinajstić information content (AvgIpc) is 2.38. The van der Waals surface area contributed by atoms with Crippen LogP contribution in [0.25, 0.3) is 0 Å². The minimum atomic E-state index is 0.577. The van der Waals surface area contributed by atoms with Gasteiger partial charge < -0.3 is 0 Å². The number of nitrogens with zero attached hydrogens (tertiary/aromatic N) is 1. The summed E-state index contributed by atoms with van der Waals surface area (Å²) in [5.74, 6) is 0.577. The van der Waals surface area contributed by atoms with E-state index in [9.17, 15) is 0 Å². The van der Waals surface area contributed by atoms with Gasteiger partial charge >= 0.3 is 0 Å². The highest BCUT2D eigenvalue weighted by molar-refractivity contribution is 5.81. The van der Waals surface area contributed by atoms with Gasteiger partial charge in [0.1, 0.15) is 0 Å². The van der Waals surface area contributed by atoms with E-state index in [4.69, 9.17) is 0 Å². The Bertz CT molecular complexity index is 519. The maximum absolute atomic E-state index is 4.47. The van der Waals surface area contributed by atoms with Gasteiger partial charge in [-0.3, -0.25) is 4.99 Å². The fraction of sp³-hybridized carbons (Fsp3) is 0.235. The summed E-state index contributed by atoms with van der Waals surface area (Å²) in [5.41, 5.74) is 4.76. The Morgan fingerprint density at radius 2 is 1.50 bits per heavy atom. The second kappa shape index (κ2) is 5.63. The molecule has 18 heavy (non-hydrogen) atoms. The van der Waals surface area contributed by atoms with Gasteiger partial charge in [-0.05, 0) is 36.1 Å². The molecule has 0 unspecified atom stereocenters. The first-order chi connectivity index (χ1) is 8.65. The van der Waals surface area contributed by atoms with Crippen LogP contribution < -0.4 is 0 Å². The number of rotatable bonds is 3. The first kappa shape index (κ1) is 12.6. The predicted octanol–water partition coefficient (Wildman–Crippen LogP) is 4.87. The van der Waals surface area contributed by atoms with Crippen LogP contribution in [-0.2, 0) is 0 Å². The van der Waals surface area contributed by atoms with E-state index in [2.05, 4.69) is 62.2 Å². The van der Waals surface area contributed by atoms with Gasteiger partial charge in [0.2, 0.25) is 0 Å². The molecule has 0 amide bonds. The lowest BCUT2D eigenvalue weighted by Crippen LogP contribution is -1.87. The number of hydrogen-bond donors (Lipinski definition) is 0. The normalized spacial score (nSPS) is 11.3. The van der Waals surface area contributed by atoms with E-state index < -0.39 is 0 Å². The number of benzene rings is 2. The van der Waals surface area contributed by atoms with Crippen molar-refractivity contribution in [1.29, 1.82) is 0 Å². The van der Waals surface area contributed by atoms with E-state index in [1.54, 1.807) is 0 Å². The zero-order valence-corrected chi connectivity index (χ0v) is 11.2. The number of aryl methyl sites for hydroxylation is 1. The van der Waals surface area contributed by atoms with Crippen LogP contribution >= 0.6 is 0 Å². The molecule has 0 spiro atoms. The minimum Gasteiger partial charge on any atom is -0.256 e. The highest BCUT2D eigenvalue weighted by atomic mass is 14.7. The Morgan fingerprint density at radius 1 is 0.889 bits per heavy atom. The van der Waals surface area contributed by atoms with Crippen LogP contribution in [0, 0.1) is 6.92 Å². The molecule has 0 aromatic heterocycles. The quantitative estimate of drug-likeness (QED) is 0.675. The second-order valence-electron chi connectivity index (χ2n) is 4.92. The summed E-state index contributed by atoms with van der Waals surface area (Å²) in [5, 5.41) is 0. The third kappa shape index (κ3) is 3.30. The van der Waals surface area contributed by atoms with Crippen molar-refractivity contribution in [2.75, 3.05) is 0 Å². The highest BCUT2D eigenvalue weighted by Gasteiger charge is 1.97. The molecule has 1 heteroatoms. The zero-order chi connectivity index (χ0) is 13.0. The Hall–Kier alpha value is -1.89. The molecule has 0 bridgehead atoms. The van der Waals surface area contributed by atoms with Gasteiger partial charge in [0.25, 0.3) is 0 Å². The standard InChI is InChI=1S/C17H19N/c1-13(2)16-8-6-15(7-9-16)12-18-17-10-4-14(3)5-11-17/h4-13H,1-3H3. The molecule has 0 saturated carbocycles. The van der Waals surface area contributed by atoms with Crippen LogP contribution in [0.15, 0.2) is 53.5 Å². The molecule has 0 fully saturated rings. The molecule has 0 aliphatic carbocycles. The number of aliphatic imine (C=N–C) groups is 1. The lowest BCUT2D eigenvalue weighted by molar-refractivity contribution is 0.866. The van der Waals surface area contributed by atoms with E-state index >= 15 is 0 Å². The molecular weight excluding hydrogens is 218 g/mol. The fourth-order valence-corrected chi connectivity index (χ4v) is 1.75. The summed E-state index contributed by atoms with van der Waals surface area (Å²) in [4.78, 5) is 4.47. The van der Waals surface area contributed by atoms with Crippen LogP contribution in [0.3, 0.4) is 0 Å². The van der Waals surface area contributed by atoms with Crippen LogP contribution in [0.1, 0.15) is 36.5 Å². The van der Waals surface area contributed by atoms with Crippen LogP contribution in [0.5, 0.6) is 0 Å². The van der Waals surface area contributed by atoms with Crippen molar-refractivity contribution in [2.45, 2.75) is 26.7 Å². The van der Waals surface area contributed by atoms with Crippen molar-refractivity contribution in [3.05, 3.63) is 65.2 Å². The van der Waals surface area contributed by atoms with E-state index in [1.165, 1.54) is 11.1 Å². The van der Waals surface area contributed by atoms with E-state index in [-0.39, 0.29) is 0 Å². The topological polar surface area (TPSA) is 12.4 Å². The third-order valence-electron chi connectivity index (χ3n) is 3.00. The SMILES string of the molecule is Cc1ccc(N=Cc2ccc(C(C)C)cc2)cc1. The Morgan fingerprint density at radius 3 is 2.06 bits per heavy atom. The van der Waals surface area contributed by atoms with Crippen molar-refractivity contribution < 1.29 is 0 Å². The molecule has 0 N–H and O–H groups in total. The molecule has 92 valence electrons. The van der Waals surface area contributed by atoms with Gasteiger partial charge in [0.05, 0.1) is 5.69 Å². The average molecular weight is 237 g/mol. The van der Waals surface area contributed by atoms with Crippen molar-refractivity contribution in [3.63, 3.8) is 0 Å². The predicted molar refractivity (Wildman–Crippen MR) is 79.0 cm³/mol. The van der Waals surface area contributed by atoms with Crippen LogP contribution in [0.4, 0.5) is 5.69 Å². The second-order valence-corrected chi connectivity index (χ2v) is 4.92. The third-order valence-corrected chi connectivity index (χ3v) is 3.00. The molecule has 0 heterocycles. The molecule has 1 nitrogen and oxygen atoms in total. The maximum atomic E-state index is 4.47.